The largest absolute Gasteiger partial charge is 0.357 e. The number of rotatable bonds is 2. The Labute approximate surface area is 208 Å². The van der Waals surface area contributed by atoms with E-state index in [4.69, 9.17) is 12.2 Å². The van der Waals surface area contributed by atoms with Crippen molar-refractivity contribution in [3.8, 4) is 0 Å². The molecule has 35 heavy (non-hydrogen) atoms. The average molecular weight is 490 g/mol. The molecule has 0 fully saturated rings. The third-order valence-corrected chi connectivity index (χ3v) is 6.72. The van der Waals surface area contributed by atoms with E-state index in [-0.39, 0.29) is 21.9 Å². The van der Waals surface area contributed by atoms with E-state index in [1.165, 1.54) is 12.1 Å². The number of Topliss-reactive ketones (excluding diaryl/α,β-unsaturated/α-hetero) is 1. The lowest BCUT2D eigenvalue weighted by molar-refractivity contribution is -0.118. The Kier molecular flexibility index (Phi) is 5.89. The molecule has 4 nitrogen and oxygen atoms in total. The summed E-state index contributed by atoms with van der Waals surface area (Å²) in [6.07, 6.45) is 0.882. The van der Waals surface area contributed by atoms with Crippen molar-refractivity contribution in [2.75, 3.05) is 15.5 Å². The molecule has 0 saturated heterocycles. The number of anilines is 3. The quantitative estimate of drug-likeness (QED) is 0.380. The predicted molar refractivity (Wildman–Crippen MR) is 139 cm³/mol. The summed E-state index contributed by atoms with van der Waals surface area (Å²) in [7, 11) is 0. The number of thiocarbonyl (C=S) groups is 1. The normalized spacial score (nSPS) is 18.8. The summed E-state index contributed by atoms with van der Waals surface area (Å²) >= 11 is 5.86. The van der Waals surface area contributed by atoms with Crippen LogP contribution in [0.5, 0.6) is 0 Å². The van der Waals surface area contributed by atoms with Crippen molar-refractivity contribution in [3.63, 3.8) is 0 Å². The van der Waals surface area contributed by atoms with Gasteiger partial charge in [0, 0.05) is 28.9 Å². The number of nitrogens with one attached hydrogen (secondary N) is 2. The first kappa shape index (κ1) is 23.2. The van der Waals surface area contributed by atoms with Gasteiger partial charge in [0.1, 0.15) is 0 Å². The fraction of sp³-hybridized carbons (Fsp3) is 0.214. The second-order valence-corrected chi connectivity index (χ2v) is 10.1. The number of fused-ring (bicyclic) bond motifs is 1. The van der Waals surface area contributed by atoms with Gasteiger partial charge in [-0.3, -0.25) is 4.79 Å². The molecule has 0 amide bonds. The number of ketones is 1. The van der Waals surface area contributed by atoms with Gasteiger partial charge in [-0.2, -0.15) is 0 Å². The van der Waals surface area contributed by atoms with Gasteiger partial charge in [0.25, 0.3) is 0 Å². The monoisotopic (exact) mass is 489 g/mol. The van der Waals surface area contributed by atoms with Crippen molar-refractivity contribution in [2.45, 2.75) is 32.7 Å². The molecule has 1 atom stereocenters. The van der Waals surface area contributed by atoms with E-state index in [0.717, 1.165) is 17.4 Å². The van der Waals surface area contributed by atoms with Gasteiger partial charge in [0.05, 0.1) is 17.4 Å². The zero-order chi connectivity index (χ0) is 24.7. The van der Waals surface area contributed by atoms with Crippen molar-refractivity contribution in [3.05, 3.63) is 101 Å². The maximum atomic E-state index is 15.4. The second-order valence-electron chi connectivity index (χ2n) is 9.69. The number of carbonyl (C=O) groups is 1. The molecule has 178 valence electrons. The zero-order valence-corrected chi connectivity index (χ0v) is 20.3. The third-order valence-electron chi connectivity index (χ3n) is 6.42. The molecular weight excluding hydrogens is 464 g/mol. The average Bonchev–Trinajstić information content (AvgIpc) is 2.95. The fourth-order valence-electron chi connectivity index (χ4n) is 4.94. The number of para-hydroxylation sites is 3. The Bertz CT molecular complexity index is 1350. The molecule has 0 saturated carbocycles. The fourth-order valence-corrected chi connectivity index (χ4v) is 5.26. The molecule has 0 bridgehead atoms. The van der Waals surface area contributed by atoms with Crippen LogP contribution in [-0.2, 0) is 4.79 Å². The molecule has 0 radical (unpaired) electrons. The summed E-state index contributed by atoms with van der Waals surface area (Å²) in [4.78, 5) is 15.4. The van der Waals surface area contributed by atoms with E-state index in [1.807, 2.05) is 68.4 Å². The second kappa shape index (κ2) is 8.89. The molecular formula is C28H25F2N3OS. The summed E-state index contributed by atoms with van der Waals surface area (Å²) in [6.45, 7) is 4.06. The van der Waals surface area contributed by atoms with Crippen LogP contribution >= 0.6 is 12.2 Å². The highest BCUT2D eigenvalue weighted by atomic mass is 32.1. The molecule has 7 heteroatoms. The lowest BCUT2D eigenvalue weighted by Crippen LogP contribution is -2.42. The Morgan fingerprint density at radius 2 is 1.71 bits per heavy atom. The van der Waals surface area contributed by atoms with Crippen molar-refractivity contribution in [2.24, 2.45) is 5.41 Å². The minimum atomic E-state index is -0.992. The van der Waals surface area contributed by atoms with E-state index in [2.05, 4.69) is 10.6 Å². The minimum Gasteiger partial charge on any atom is -0.357 e. The number of benzene rings is 3. The molecule has 3 aromatic rings. The molecule has 5 rings (SSSR count). The van der Waals surface area contributed by atoms with Crippen LogP contribution in [0.1, 0.15) is 38.3 Å². The van der Waals surface area contributed by atoms with Crippen LogP contribution in [0.2, 0.25) is 0 Å². The van der Waals surface area contributed by atoms with Gasteiger partial charge in [-0.05, 0) is 54.4 Å². The number of hydrogen-bond donors (Lipinski definition) is 2. The first-order valence-corrected chi connectivity index (χ1v) is 11.9. The first-order chi connectivity index (χ1) is 16.7. The van der Waals surface area contributed by atoms with Gasteiger partial charge in [-0.25, -0.2) is 8.78 Å². The molecule has 1 unspecified atom stereocenters. The Morgan fingerprint density at radius 1 is 1.00 bits per heavy atom. The van der Waals surface area contributed by atoms with Gasteiger partial charge >= 0.3 is 0 Å². The molecule has 0 aromatic heterocycles. The van der Waals surface area contributed by atoms with Gasteiger partial charge in [-0.15, -0.1) is 0 Å². The highest BCUT2D eigenvalue weighted by Gasteiger charge is 2.43. The standard InChI is InChI=1S/C28H25F2N3OS/c1-28(2)15-21-24(23(34)16-28)26(18-11-8-12-19(29)25(18)30)33(22-14-7-6-13-20(22)32-21)27(35)31-17-9-4-3-5-10-17/h3-14,26,32H,15-16H2,1-2H3,(H,31,35). The maximum Gasteiger partial charge on any atom is 0.178 e. The maximum absolute atomic E-state index is 15.4. The van der Waals surface area contributed by atoms with E-state index in [9.17, 15) is 9.18 Å². The minimum absolute atomic E-state index is 0.0567. The number of carbonyl (C=O) groups excluding carboxylic acids is 1. The summed E-state index contributed by atoms with van der Waals surface area (Å²) in [5.41, 5.74) is 3.04. The van der Waals surface area contributed by atoms with Crippen molar-refractivity contribution in [1.82, 2.24) is 0 Å². The topological polar surface area (TPSA) is 44.4 Å². The Morgan fingerprint density at radius 3 is 2.49 bits per heavy atom. The predicted octanol–water partition coefficient (Wildman–Crippen LogP) is 6.98. The van der Waals surface area contributed by atoms with Crippen LogP contribution in [0, 0.1) is 17.0 Å². The zero-order valence-electron chi connectivity index (χ0n) is 19.4. The smallest absolute Gasteiger partial charge is 0.178 e. The summed E-state index contributed by atoms with van der Waals surface area (Å²) < 4.78 is 29.9. The van der Waals surface area contributed by atoms with Gasteiger partial charge in [0.2, 0.25) is 0 Å². The third kappa shape index (κ3) is 4.32. The van der Waals surface area contributed by atoms with Crippen LogP contribution in [0.15, 0.2) is 84.1 Å². The van der Waals surface area contributed by atoms with E-state index in [0.29, 0.717) is 29.8 Å². The van der Waals surface area contributed by atoms with E-state index in [1.54, 1.807) is 4.90 Å². The van der Waals surface area contributed by atoms with Crippen molar-refractivity contribution < 1.29 is 13.6 Å². The van der Waals surface area contributed by atoms with Gasteiger partial charge < -0.3 is 15.5 Å². The van der Waals surface area contributed by atoms with Crippen LogP contribution in [0.3, 0.4) is 0 Å². The number of halogens is 2. The van der Waals surface area contributed by atoms with Crippen LogP contribution in [-0.4, -0.2) is 10.9 Å². The van der Waals surface area contributed by atoms with E-state index < -0.39 is 17.7 Å². The molecule has 2 aliphatic rings. The van der Waals surface area contributed by atoms with Gasteiger partial charge in [-0.1, -0.05) is 56.3 Å². The highest BCUT2D eigenvalue weighted by molar-refractivity contribution is 7.80. The number of allylic oxidation sites excluding steroid dienone is 1. The number of hydrogen-bond acceptors (Lipinski definition) is 3. The molecule has 1 heterocycles. The summed E-state index contributed by atoms with van der Waals surface area (Å²) in [6, 6.07) is 20.0. The lowest BCUT2D eigenvalue weighted by atomic mass is 9.73. The Hall–Kier alpha value is -3.58. The van der Waals surface area contributed by atoms with Crippen LogP contribution in [0.4, 0.5) is 25.8 Å². The molecule has 1 aliphatic carbocycles. The van der Waals surface area contributed by atoms with Crippen LogP contribution < -0.4 is 15.5 Å². The summed E-state index contributed by atoms with van der Waals surface area (Å²) in [5, 5.41) is 6.93. The van der Waals surface area contributed by atoms with Gasteiger partial charge in [0.15, 0.2) is 22.5 Å². The van der Waals surface area contributed by atoms with Crippen molar-refractivity contribution >= 4 is 40.2 Å². The first-order valence-electron chi connectivity index (χ1n) is 11.5. The SMILES string of the molecule is CC1(C)CC(=O)C2=C(C1)Nc1ccccc1N(C(=S)Nc1ccccc1)C2c1cccc(F)c1F. The molecule has 1 aliphatic heterocycles. The summed E-state index contributed by atoms with van der Waals surface area (Å²) in [5.74, 6) is -2.08. The van der Waals surface area contributed by atoms with Crippen LogP contribution in [0.25, 0.3) is 0 Å². The van der Waals surface area contributed by atoms with E-state index >= 15 is 4.39 Å². The van der Waals surface area contributed by atoms with Crippen molar-refractivity contribution in [1.29, 1.82) is 0 Å². The molecule has 2 N–H and O–H groups in total. The highest BCUT2D eigenvalue weighted by Crippen LogP contribution is 2.49. The lowest BCUT2D eigenvalue weighted by Gasteiger charge is -2.38. The Balaban J connectivity index is 1.76. The molecule has 0 spiro atoms. The molecule has 3 aromatic carbocycles. The number of nitrogens with zero attached hydrogens (tertiary/aromatic N) is 1.